The number of thioether (sulfide) groups is 1. The highest BCUT2D eigenvalue weighted by atomic mass is 32.2. The molecule has 5 nitrogen and oxygen atoms in total. The van der Waals surface area contributed by atoms with Gasteiger partial charge in [-0.05, 0) is 37.5 Å². The Balaban J connectivity index is 1.74. The zero-order chi connectivity index (χ0) is 18.9. The molecule has 7 heteroatoms. The quantitative estimate of drug-likeness (QED) is 0.461. The predicted molar refractivity (Wildman–Crippen MR) is 113 cm³/mol. The zero-order valence-electron chi connectivity index (χ0n) is 15.9. The van der Waals surface area contributed by atoms with Crippen molar-refractivity contribution in [2.24, 2.45) is 0 Å². The number of nitrogens with zero attached hydrogens (tertiary/aromatic N) is 3. The zero-order valence-corrected chi connectivity index (χ0v) is 17.5. The van der Waals surface area contributed by atoms with Gasteiger partial charge in [-0.1, -0.05) is 24.8 Å². The van der Waals surface area contributed by atoms with Gasteiger partial charge in [-0.25, -0.2) is 9.97 Å². The molecule has 0 saturated heterocycles. The molecule has 0 saturated carbocycles. The molecule has 0 spiro atoms. The Bertz CT molecular complexity index is 940. The summed E-state index contributed by atoms with van der Waals surface area (Å²) in [4.78, 5) is 16.3. The number of aromatic nitrogens is 3. The highest BCUT2D eigenvalue weighted by Gasteiger charge is 2.31. The van der Waals surface area contributed by atoms with E-state index >= 15 is 0 Å². The van der Waals surface area contributed by atoms with E-state index in [0.717, 1.165) is 45.3 Å². The van der Waals surface area contributed by atoms with Crippen molar-refractivity contribution in [2.45, 2.75) is 57.5 Å². The largest absolute Gasteiger partial charge is 0.370 e. The molecule has 142 valence electrons. The van der Waals surface area contributed by atoms with Crippen molar-refractivity contribution in [3.8, 4) is 0 Å². The Morgan fingerprint density at radius 2 is 2.22 bits per heavy atom. The first-order valence-corrected chi connectivity index (χ1v) is 11.1. The van der Waals surface area contributed by atoms with E-state index in [0.29, 0.717) is 13.2 Å². The van der Waals surface area contributed by atoms with Gasteiger partial charge in [0.25, 0.3) is 0 Å². The Kier molecular flexibility index (Phi) is 5.34. The van der Waals surface area contributed by atoms with Crippen molar-refractivity contribution in [1.82, 2.24) is 15.0 Å². The van der Waals surface area contributed by atoms with Gasteiger partial charge in [0, 0.05) is 36.0 Å². The van der Waals surface area contributed by atoms with E-state index in [4.69, 9.17) is 14.7 Å². The van der Waals surface area contributed by atoms with E-state index in [1.165, 1.54) is 10.4 Å². The summed E-state index contributed by atoms with van der Waals surface area (Å²) in [6, 6.07) is 4.03. The fourth-order valence-corrected chi connectivity index (χ4v) is 5.06. The maximum atomic E-state index is 6.01. The molecule has 0 atom stereocenters. The van der Waals surface area contributed by atoms with E-state index < -0.39 is 0 Å². The monoisotopic (exact) mass is 400 g/mol. The number of rotatable bonds is 6. The lowest BCUT2D eigenvalue weighted by atomic mass is 9.94. The molecule has 0 amide bonds. The molecule has 27 heavy (non-hydrogen) atoms. The molecular weight excluding hydrogens is 376 g/mol. The Hall–Kier alpha value is -1.70. The van der Waals surface area contributed by atoms with Crippen molar-refractivity contribution >= 4 is 39.1 Å². The number of fused-ring (bicyclic) bond motifs is 3. The van der Waals surface area contributed by atoms with Crippen LogP contribution in [-0.4, -0.2) is 26.3 Å². The third kappa shape index (κ3) is 4.10. The lowest BCUT2D eigenvalue weighted by Gasteiger charge is -2.30. The molecule has 1 N–H and O–H groups in total. The second-order valence-electron chi connectivity index (χ2n) is 7.33. The van der Waals surface area contributed by atoms with Crippen LogP contribution in [0, 0.1) is 0 Å². The van der Waals surface area contributed by atoms with Crippen molar-refractivity contribution in [3.05, 3.63) is 40.5 Å². The Labute approximate surface area is 168 Å². The maximum absolute atomic E-state index is 6.01. The molecule has 1 aliphatic rings. The number of thiophene rings is 1. The summed E-state index contributed by atoms with van der Waals surface area (Å²) in [5.74, 6) is 1.95. The fourth-order valence-electron chi connectivity index (χ4n) is 3.20. The second kappa shape index (κ2) is 7.73. The Morgan fingerprint density at radius 3 is 3.00 bits per heavy atom. The number of pyridine rings is 1. The van der Waals surface area contributed by atoms with Gasteiger partial charge in [-0.3, -0.25) is 4.98 Å². The van der Waals surface area contributed by atoms with E-state index in [2.05, 4.69) is 37.1 Å². The molecular formula is C20H24N4OS2. The van der Waals surface area contributed by atoms with Crippen LogP contribution in [0.2, 0.25) is 0 Å². The average molecular weight is 401 g/mol. The van der Waals surface area contributed by atoms with Gasteiger partial charge in [0.05, 0.1) is 17.6 Å². The smallest absolute Gasteiger partial charge is 0.190 e. The van der Waals surface area contributed by atoms with Gasteiger partial charge in [-0.15, -0.1) is 11.3 Å². The molecule has 3 aromatic heterocycles. The van der Waals surface area contributed by atoms with Gasteiger partial charge in [0.15, 0.2) is 5.16 Å². The standard InChI is InChI=1S/C20H24N4OS2/c1-4-8-26-19-23-17(22-11-13-6-5-7-21-10-13)16-14-9-20(2,3)25-12-15(14)27-18(16)24-19/h5-7,10H,4,8-9,11-12H2,1-3H3,(H,22,23,24). The van der Waals surface area contributed by atoms with Gasteiger partial charge in [-0.2, -0.15) is 0 Å². The summed E-state index contributed by atoms with van der Waals surface area (Å²) in [7, 11) is 0. The molecule has 0 aromatic carbocycles. The van der Waals surface area contributed by atoms with Crippen molar-refractivity contribution in [1.29, 1.82) is 0 Å². The summed E-state index contributed by atoms with van der Waals surface area (Å²) in [5.41, 5.74) is 2.32. The molecule has 0 bridgehead atoms. The Morgan fingerprint density at radius 1 is 1.33 bits per heavy atom. The van der Waals surface area contributed by atoms with Crippen LogP contribution < -0.4 is 5.32 Å². The number of hydrogen-bond acceptors (Lipinski definition) is 7. The van der Waals surface area contributed by atoms with Crippen LogP contribution in [0.4, 0.5) is 5.82 Å². The maximum Gasteiger partial charge on any atom is 0.190 e. The van der Waals surface area contributed by atoms with E-state index in [1.54, 1.807) is 29.3 Å². The number of ether oxygens (including phenoxy) is 1. The third-order valence-electron chi connectivity index (χ3n) is 4.53. The van der Waals surface area contributed by atoms with E-state index in [9.17, 15) is 0 Å². The second-order valence-corrected chi connectivity index (χ2v) is 9.47. The van der Waals surface area contributed by atoms with Crippen LogP contribution in [0.15, 0.2) is 29.7 Å². The highest BCUT2D eigenvalue weighted by Crippen LogP contribution is 2.41. The normalized spacial score (nSPS) is 15.7. The lowest BCUT2D eigenvalue weighted by molar-refractivity contribution is -0.0379. The van der Waals surface area contributed by atoms with Crippen LogP contribution >= 0.6 is 23.1 Å². The topological polar surface area (TPSA) is 59.9 Å². The highest BCUT2D eigenvalue weighted by molar-refractivity contribution is 7.99. The molecule has 1 aliphatic heterocycles. The molecule has 3 aromatic rings. The van der Waals surface area contributed by atoms with Crippen LogP contribution in [0.5, 0.6) is 0 Å². The number of anilines is 1. The molecule has 0 unspecified atom stereocenters. The molecule has 0 radical (unpaired) electrons. The predicted octanol–water partition coefficient (Wildman–Crippen LogP) is 5.05. The van der Waals surface area contributed by atoms with Crippen LogP contribution in [-0.2, 0) is 24.3 Å². The summed E-state index contributed by atoms with van der Waals surface area (Å²) in [5, 5.41) is 5.55. The third-order valence-corrected chi connectivity index (χ3v) is 6.68. The lowest BCUT2D eigenvalue weighted by Crippen LogP contribution is -2.31. The molecule has 4 heterocycles. The van der Waals surface area contributed by atoms with Crippen LogP contribution in [0.1, 0.15) is 43.2 Å². The molecule has 4 rings (SSSR count). The van der Waals surface area contributed by atoms with Gasteiger partial charge in [0.1, 0.15) is 10.6 Å². The molecule has 0 fully saturated rings. The van der Waals surface area contributed by atoms with Crippen molar-refractivity contribution < 1.29 is 4.74 Å². The minimum absolute atomic E-state index is 0.156. The summed E-state index contributed by atoms with van der Waals surface area (Å²) in [6.45, 7) is 7.82. The van der Waals surface area contributed by atoms with Crippen LogP contribution in [0.3, 0.4) is 0 Å². The van der Waals surface area contributed by atoms with Crippen LogP contribution in [0.25, 0.3) is 10.2 Å². The molecule has 0 aliphatic carbocycles. The summed E-state index contributed by atoms with van der Waals surface area (Å²) >= 11 is 3.46. The number of hydrogen-bond donors (Lipinski definition) is 1. The van der Waals surface area contributed by atoms with Gasteiger partial charge in [0.2, 0.25) is 0 Å². The first-order valence-electron chi connectivity index (χ1n) is 9.27. The first-order chi connectivity index (χ1) is 13.1. The minimum Gasteiger partial charge on any atom is -0.370 e. The summed E-state index contributed by atoms with van der Waals surface area (Å²) in [6.07, 6.45) is 5.67. The minimum atomic E-state index is -0.156. The number of nitrogens with one attached hydrogen (secondary N) is 1. The van der Waals surface area contributed by atoms with Crippen molar-refractivity contribution in [3.63, 3.8) is 0 Å². The van der Waals surface area contributed by atoms with E-state index in [1.807, 2.05) is 12.3 Å². The SMILES string of the molecule is CCCSc1nc(NCc2cccnc2)c2c3c(sc2n1)COC(C)(C)C3. The van der Waals surface area contributed by atoms with E-state index in [-0.39, 0.29) is 5.60 Å². The van der Waals surface area contributed by atoms with Gasteiger partial charge < -0.3 is 10.1 Å². The fraction of sp³-hybridized carbons (Fsp3) is 0.450. The average Bonchev–Trinajstić information content (AvgIpc) is 3.02. The van der Waals surface area contributed by atoms with Gasteiger partial charge >= 0.3 is 0 Å². The summed E-state index contributed by atoms with van der Waals surface area (Å²) < 4.78 is 6.01. The van der Waals surface area contributed by atoms with Crippen molar-refractivity contribution in [2.75, 3.05) is 11.1 Å². The first kappa shape index (κ1) is 18.7.